The minimum atomic E-state index is -0.545. The van der Waals surface area contributed by atoms with E-state index in [2.05, 4.69) is 0 Å². The van der Waals surface area contributed by atoms with Gasteiger partial charge in [0, 0.05) is 39.9 Å². The van der Waals surface area contributed by atoms with Crippen molar-refractivity contribution in [1.82, 2.24) is 9.80 Å². The number of nitrogens with zero attached hydrogens (tertiary/aromatic N) is 3. The summed E-state index contributed by atoms with van der Waals surface area (Å²) >= 11 is 0. The second-order valence-corrected chi connectivity index (χ2v) is 5.81. The van der Waals surface area contributed by atoms with Gasteiger partial charge in [0.1, 0.15) is 0 Å². The lowest BCUT2D eigenvalue weighted by atomic mass is 9.81. The van der Waals surface area contributed by atoms with Crippen LogP contribution in [0.5, 0.6) is 0 Å². The number of likely N-dealkylation sites (N-methyl/N-ethyl adjacent to an activating group) is 1. The molecule has 20 heavy (non-hydrogen) atoms. The Morgan fingerprint density at radius 1 is 1.30 bits per heavy atom. The van der Waals surface area contributed by atoms with Gasteiger partial charge in [-0.2, -0.15) is 0 Å². The van der Waals surface area contributed by atoms with Crippen LogP contribution in [0.1, 0.15) is 12.0 Å². The summed E-state index contributed by atoms with van der Waals surface area (Å²) < 4.78 is 0. The fourth-order valence-corrected chi connectivity index (χ4v) is 3.37. The molecule has 0 radical (unpaired) electrons. The highest BCUT2D eigenvalue weighted by atomic mass is 16.2. The van der Waals surface area contributed by atoms with Crippen molar-refractivity contribution in [2.75, 3.05) is 39.1 Å². The number of likely N-dealkylation sites (tertiary alicyclic amines) is 1. The lowest BCUT2D eigenvalue weighted by Crippen LogP contribution is -2.44. The average Bonchev–Trinajstić information content (AvgIpc) is 2.97. The largest absolute Gasteiger partial charge is 0.331 e. The van der Waals surface area contributed by atoms with Crippen LogP contribution >= 0.6 is 0 Å². The van der Waals surface area contributed by atoms with Gasteiger partial charge in [-0.3, -0.25) is 4.79 Å². The lowest BCUT2D eigenvalue weighted by Gasteiger charge is -2.25. The van der Waals surface area contributed by atoms with Crippen LogP contribution in [0.15, 0.2) is 24.3 Å². The van der Waals surface area contributed by atoms with Crippen LogP contribution in [0.3, 0.4) is 0 Å². The van der Waals surface area contributed by atoms with Crippen molar-refractivity contribution < 1.29 is 9.59 Å². The summed E-state index contributed by atoms with van der Waals surface area (Å²) in [6.45, 7) is 1.11. The Morgan fingerprint density at radius 3 is 2.70 bits per heavy atom. The highest BCUT2D eigenvalue weighted by Gasteiger charge is 2.54. The van der Waals surface area contributed by atoms with Gasteiger partial charge in [-0.25, -0.2) is 4.79 Å². The summed E-state index contributed by atoms with van der Waals surface area (Å²) in [6.07, 6.45) is 0.701. The first-order chi connectivity index (χ1) is 9.47. The maximum absolute atomic E-state index is 12.7. The third-order valence-electron chi connectivity index (χ3n) is 4.42. The first-order valence-corrected chi connectivity index (χ1v) is 6.81. The number of carbonyl (C=O) groups is 2. The molecular weight excluding hydrogens is 254 g/mol. The number of para-hydroxylation sites is 1. The quantitative estimate of drug-likeness (QED) is 0.715. The van der Waals surface area contributed by atoms with E-state index in [9.17, 15) is 9.59 Å². The van der Waals surface area contributed by atoms with E-state index in [-0.39, 0.29) is 11.9 Å². The molecule has 2 heterocycles. The number of benzene rings is 1. The van der Waals surface area contributed by atoms with E-state index < -0.39 is 5.41 Å². The van der Waals surface area contributed by atoms with Crippen LogP contribution in [0.25, 0.3) is 0 Å². The number of amides is 3. The van der Waals surface area contributed by atoms with Gasteiger partial charge in [-0.15, -0.1) is 0 Å². The molecule has 5 nitrogen and oxygen atoms in total. The zero-order valence-electron chi connectivity index (χ0n) is 12.1. The van der Waals surface area contributed by atoms with Gasteiger partial charge in [0.25, 0.3) is 0 Å². The molecular formula is C15H19N3O2. The van der Waals surface area contributed by atoms with E-state index >= 15 is 0 Å². The van der Waals surface area contributed by atoms with Crippen molar-refractivity contribution in [3.63, 3.8) is 0 Å². The molecule has 5 heteroatoms. The molecule has 3 amide bonds. The SMILES string of the molecule is CN(C)C(=O)N1CC[C@@]2(C1)C(=O)N(C)c1ccccc12. The van der Waals surface area contributed by atoms with Gasteiger partial charge >= 0.3 is 6.03 Å². The molecule has 0 unspecified atom stereocenters. The molecule has 3 rings (SSSR count). The molecule has 0 aromatic heterocycles. The second kappa shape index (κ2) is 4.23. The summed E-state index contributed by atoms with van der Waals surface area (Å²) in [5.41, 5.74) is 1.48. The third-order valence-corrected chi connectivity index (χ3v) is 4.42. The highest BCUT2D eigenvalue weighted by Crippen LogP contribution is 2.46. The zero-order valence-corrected chi connectivity index (χ0v) is 12.1. The summed E-state index contributed by atoms with van der Waals surface area (Å²) in [7, 11) is 5.29. The van der Waals surface area contributed by atoms with E-state index in [1.807, 2.05) is 31.3 Å². The van der Waals surface area contributed by atoms with Gasteiger partial charge in [0.15, 0.2) is 0 Å². The number of fused-ring (bicyclic) bond motifs is 2. The third kappa shape index (κ3) is 1.55. The highest BCUT2D eigenvalue weighted by molar-refractivity contribution is 6.08. The van der Waals surface area contributed by atoms with Crippen LogP contribution in [0, 0.1) is 0 Å². The minimum absolute atomic E-state index is 0.0262. The fraction of sp³-hybridized carbons (Fsp3) is 0.467. The number of carbonyl (C=O) groups excluding carboxylic acids is 2. The van der Waals surface area contributed by atoms with Gasteiger partial charge in [-0.1, -0.05) is 18.2 Å². The molecule has 1 aromatic carbocycles. The first-order valence-electron chi connectivity index (χ1n) is 6.81. The number of urea groups is 1. The van der Waals surface area contributed by atoms with Crippen molar-refractivity contribution in [1.29, 1.82) is 0 Å². The van der Waals surface area contributed by atoms with E-state index in [1.165, 1.54) is 0 Å². The predicted octanol–water partition coefficient (Wildman–Crippen LogP) is 1.29. The molecule has 1 spiro atoms. The summed E-state index contributed by atoms with van der Waals surface area (Å²) in [5, 5.41) is 0. The van der Waals surface area contributed by atoms with Crippen molar-refractivity contribution in [2.45, 2.75) is 11.8 Å². The predicted molar refractivity (Wildman–Crippen MR) is 76.8 cm³/mol. The molecule has 1 saturated heterocycles. The van der Waals surface area contributed by atoms with Crippen LogP contribution in [0.4, 0.5) is 10.5 Å². The molecule has 0 bridgehead atoms. The maximum Gasteiger partial charge on any atom is 0.319 e. The van der Waals surface area contributed by atoms with Crippen LogP contribution < -0.4 is 4.90 Å². The molecule has 1 aromatic rings. The Bertz CT molecular complexity index is 584. The number of anilines is 1. The summed E-state index contributed by atoms with van der Waals surface area (Å²) in [4.78, 5) is 29.9. The Hall–Kier alpha value is -2.04. The number of hydrogen-bond acceptors (Lipinski definition) is 2. The fourth-order valence-electron chi connectivity index (χ4n) is 3.37. The maximum atomic E-state index is 12.7. The molecule has 0 saturated carbocycles. The molecule has 106 valence electrons. The van der Waals surface area contributed by atoms with Gasteiger partial charge in [0.05, 0.1) is 5.41 Å². The standard InChI is InChI=1S/C15H19N3O2/c1-16(2)14(20)18-9-8-15(10-18)11-6-4-5-7-12(11)17(3)13(15)19/h4-7H,8-10H2,1-3H3/t15-/m0/s1. The second-order valence-electron chi connectivity index (χ2n) is 5.81. The van der Waals surface area contributed by atoms with Gasteiger partial charge < -0.3 is 14.7 Å². The monoisotopic (exact) mass is 273 g/mol. The van der Waals surface area contributed by atoms with Crippen molar-refractivity contribution in [3.05, 3.63) is 29.8 Å². The topological polar surface area (TPSA) is 43.9 Å². The molecule has 1 atom stereocenters. The molecule has 0 N–H and O–H groups in total. The number of rotatable bonds is 0. The number of hydrogen-bond donors (Lipinski definition) is 0. The smallest absolute Gasteiger partial charge is 0.319 e. The van der Waals surface area contributed by atoms with E-state index in [0.29, 0.717) is 19.5 Å². The van der Waals surface area contributed by atoms with Crippen molar-refractivity contribution in [2.24, 2.45) is 0 Å². The van der Waals surface area contributed by atoms with Gasteiger partial charge in [0.2, 0.25) is 5.91 Å². The first kappa shape index (κ1) is 13.0. The Kier molecular flexibility index (Phi) is 2.74. The molecule has 0 aliphatic carbocycles. The Labute approximate surface area is 118 Å². The minimum Gasteiger partial charge on any atom is -0.331 e. The van der Waals surface area contributed by atoms with Gasteiger partial charge in [-0.05, 0) is 18.1 Å². The average molecular weight is 273 g/mol. The zero-order chi connectivity index (χ0) is 14.5. The summed E-state index contributed by atoms with van der Waals surface area (Å²) in [6, 6.07) is 7.86. The van der Waals surface area contributed by atoms with Crippen LogP contribution in [-0.2, 0) is 10.2 Å². The molecule has 2 aliphatic rings. The normalized spacial score (nSPS) is 24.4. The lowest BCUT2D eigenvalue weighted by molar-refractivity contribution is -0.122. The Morgan fingerprint density at radius 2 is 2.00 bits per heavy atom. The van der Waals surface area contributed by atoms with E-state index in [4.69, 9.17) is 0 Å². The molecule has 2 aliphatic heterocycles. The van der Waals surface area contributed by atoms with Crippen LogP contribution in [-0.4, -0.2) is 56.0 Å². The van der Waals surface area contributed by atoms with Crippen molar-refractivity contribution >= 4 is 17.6 Å². The van der Waals surface area contributed by atoms with E-state index in [1.54, 1.807) is 28.8 Å². The van der Waals surface area contributed by atoms with Crippen molar-refractivity contribution in [3.8, 4) is 0 Å². The molecule has 1 fully saturated rings. The summed E-state index contributed by atoms with van der Waals surface area (Å²) in [5.74, 6) is 0.104. The Balaban J connectivity index is 1.99. The van der Waals surface area contributed by atoms with E-state index in [0.717, 1.165) is 11.3 Å². The van der Waals surface area contributed by atoms with Crippen LogP contribution in [0.2, 0.25) is 0 Å².